The molecule has 1 atom stereocenters. The van der Waals surface area contributed by atoms with Crippen molar-refractivity contribution in [3.63, 3.8) is 0 Å². The maximum absolute atomic E-state index is 12.0. The van der Waals surface area contributed by atoms with E-state index in [0.717, 1.165) is 37.2 Å². The lowest BCUT2D eigenvalue weighted by Crippen LogP contribution is -2.35. The van der Waals surface area contributed by atoms with E-state index in [9.17, 15) is 4.79 Å². The number of piperidine rings is 1. The van der Waals surface area contributed by atoms with E-state index in [0.29, 0.717) is 6.42 Å². The highest BCUT2D eigenvalue weighted by Crippen LogP contribution is 2.22. The van der Waals surface area contributed by atoms with E-state index < -0.39 is 0 Å². The molecule has 2 N–H and O–H groups in total. The molecule has 0 aliphatic carbocycles. The number of esters is 1. The molecular weight excluding hydrogens is 252 g/mol. The Kier molecular flexibility index (Phi) is 5.01. The number of hydrogen-bond donors (Lipinski definition) is 1. The van der Waals surface area contributed by atoms with Crippen LogP contribution in [0.2, 0.25) is 0 Å². The predicted molar refractivity (Wildman–Crippen MR) is 80.5 cm³/mol. The third kappa shape index (κ3) is 4.23. The molecule has 1 fully saturated rings. The van der Waals surface area contributed by atoms with Gasteiger partial charge in [-0.3, -0.25) is 4.79 Å². The van der Waals surface area contributed by atoms with Gasteiger partial charge in [0.2, 0.25) is 0 Å². The highest BCUT2D eigenvalue weighted by Gasteiger charge is 2.21. The van der Waals surface area contributed by atoms with Crippen LogP contribution in [0.15, 0.2) is 24.3 Å². The Balaban J connectivity index is 1.80. The van der Waals surface area contributed by atoms with E-state index in [2.05, 4.69) is 11.9 Å². The van der Waals surface area contributed by atoms with Crippen LogP contribution in [0.25, 0.3) is 0 Å². The highest BCUT2D eigenvalue weighted by molar-refractivity contribution is 5.70. The Morgan fingerprint density at radius 2 is 1.95 bits per heavy atom. The minimum absolute atomic E-state index is 0.0936. The molecule has 2 rings (SSSR count). The zero-order valence-electron chi connectivity index (χ0n) is 12.3. The Labute approximate surface area is 120 Å². The van der Waals surface area contributed by atoms with Crippen molar-refractivity contribution in [3.8, 4) is 0 Å². The molecule has 20 heavy (non-hydrogen) atoms. The Morgan fingerprint density at radius 3 is 2.55 bits per heavy atom. The third-order valence-corrected chi connectivity index (χ3v) is 3.94. The van der Waals surface area contributed by atoms with Crippen molar-refractivity contribution in [1.82, 2.24) is 4.90 Å². The normalized spacial score (nSPS) is 18.7. The molecular formula is C16H24N2O2. The van der Waals surface area contributed by atoms with E-state index in [4.69, 9.17) is 10.5 Å². The van der Waals surface area contributed by atoms with Gasteiger partial charge >= 0.3 is 5.97 Å². The molecule has 0 spiro atoms. The molecule has 0 saturated carbocycles. The van der Waals surface area contributed by atoms with Gasteiger partial charge in [-0.15, -0.1) is 0 Å². The van der Waals surface area contributed by atoms with E-state index >= 15 is 0 Å². The van der Waals surface area contributed by atoms with Gasteiger partial charge in [0.15, 0.2) is 0 Å². The molecule has 0 amide bonds. The first kappa shape index (κ1) is 14.9. The quantitative estimate of drug-likeness (QED) is 0.677. The minimum Gasteiger partial charge on any atom is -0.462 e. The van der Waals surface area contributed by atoms with Crippen LogP contribution in [0, 0.1) is 0 Å². The van der Waals surface area contributed by atoms with Crippen LogP contribution in [0.4, 0.5) is 5.69 Å². The number of hydrogen-bond acceptors (Lipinski definition) is 4. The fourth-order valence-electron chi connectivity index (χ4n) is 2.53. The molecule has 4 nitrogen and oxygen atoms in total. The van der Waals surface area contributed by atoms with Crippen LogP contribution in [0.3, 0.4) is 0 Å². The second kappa shape index (κ2) is 6.75. The standard InChI is InChI=1S/C16H24N2O2/c1-12(13-3-5-14(17)6-4-13)11-16(19)20-15-7-9-18(2)10-8-15/h3-6,12,15H,7-11,17H2,1-2H3. The lowest BCUT2D eigenvalue weighted by molar-refractivity contribution is -0.151. The summed E-state index contributed by atoms with van der Waals surface area (Å²) in [4.78, 5) is 14.2. The highest BCUT2D eigenvalue weighted by atomic mass is 16.5. The Morgan fingerprint density at radius 1 is 1.35 bits per heavy atom. The number of benzene rings is 1. The van der Waals surface area contributed by atoms with Crippen molar-refractivity contribution in [3.05, 3.63) is 29.8 Å². The topological polar surface area (TPSA) is 55.6 Å². The Bertz CT molecular complexity index is 436. The van der Waals surface area contributed by atoms with Gasteiger partial charge in [0.25, 0.3) is 0 Å². The number of nitrogens with two attached hydrogens (primary N) is 1. The second-order valence-corrected chi connectivity index (χ2v) is 5.76. The largest absolute Gasteiger partial charge is 0.462 e. The van der Waals surface area contributed by atoms with Gasteiger partial charge in [-0.25, -0.2) is 0 Å². The van der Waals surface area contributed by atoms with Gasteiger partial charge in [0.05, 0.1) is 6.42 Å². The summed E-state index contributed by atoms with van der Waals surface area (Å²) in [6.45, 7) is 4.05. The van der Waals surface area contributed by atoms with E-state index in [-0.39, 0.29) is 18.0 Å². The van der Waals surface area contributed by atoms with Gasteiger partial charge in [-0.05, 0) is 43.5 Å². The summed E-state index contributed by atoms with van der Waals surface area (Å²) in [6, 6.07) is 7.69. The van der Waals surface area contributed by atoms with Crippen LogP contribution in [0.1, 0.15) is 37.7 Å². The van der Waals surface area contributed by atoms with Crippen LogP contribution in [0.5, 0.6) is 0 Å². The molecule has 1 heterocycles. The molecule has 4 heteroatoms. The van der Waals surface area contributed by atoms with Crippen LogP contribution < -0.4 is 5.73 Å². The molecule has 1 unspecified atom stereocenters. The zero-order valence-corrected chi connectivity index (χ0v) is 12.3. The number of rotatable bonds is 4. The van der Waals surface area contributed by atoms with Crippen LogP contribution in [-0.4, -0.2) is 37.1 Å². The Hall–Kier alpha value is -1.55. The second-order valence-electron chi connectivity index (χ2n) is 5.76. The van der Waals surface area contributed by atoms with Crippen molar-refractivity contribution < 1.29 is 9.53 Å². The molecule has 0 aromatic heterocycles. The van der Waals surface area contributed by atoms with Crippen molar-refractivity contribution in [1.29, 1.82) is 0 Å². The smallest absolute Gasteiger partial charge is 0.306 e. The van der Waals surface area contributed by atoms with Gasteiger partial charge in [0, 0.05) is 18.8 Å². The summed E-state index contributed by atoms with van der Waals surface area (Å²) in [7, 11) is 2.10. The van der Waals surface area contributed by atoms with Gasteiger partial charge in [-0.2, -0.15) is 0 Å². The number of carbonyl (C=O) groups excluding carboxylic acids is 1. The van der Waals surface area contributed by atoms with Crippen molar-refractivity contribution in [2.45, 2.75) is 38.2 Å². The first-order valence-corrected chi connectivity index (χ1v) is 7.28. The first-order chi connectivity index (χ1) is 9.54. The fraction of sp³-hybridized carbons (Fsp3) is 0.562. The summed E-state index contributed by atoms with van der Waals surface area (Å²) < 4.78 is 5.57. The van der Waals surface area contributed by atoms with Crippen LogP contribution in [-0.2, 0) is 9.53 Å². The van der Waals surface area contributed by atoms with Crippen molar-refractivity contribution in [2.75, 3.05) is 25.9 Å². The predicted octanol–water partition coefficient (Wildman–Crippen LogP) is 2.40. The summed E-state index contributed by atoms with van der Waals surface area (Å²) in [5.41, 5.74) is 7.54. The van der Waals surface area contributed by atoms with Gasteiger partial charge in [-0.1, -0.05) is 19.1 Å². The maximum Gasteiger partial charge on any atom is 0.306 e. The number of ether oxygens (including phenoxy) is 1. The summed E-state index contributed by atoms with van der Waals surface area (Å²) in [5.74, 6) is 0.0678. The number of anilines is 1. The molecule has 0 bridgehead atoms. The maximum atomic E-state index is 12.0. The number of carbonyl (C=O) groups is 1. The van der Waals surface area contributed by atoms with Gasteiger partial charge in [0.1, 0.15) is 6.10 Å². The fourth-order valence-corrected chi connectivity index (χ4v) is 2.53. The minimum atomic E-state index is -0.0936. The molecule has 1 aromatic rings. The molecule has 1 aromatic carbocycles. The average Bonchev–Trinajstić information content (AvgIpc) is 2.42. The number of nitrogens with zero attached hydrogens (tertiary/aromatic N) is 1. The summed E-state index contributed by atoms with van der Waals surface area (Å²) in [6.07, 6.45) is 2.41. The van der Waals surface area contributed by atoms with E-state index in [1.54, 1.807) is 0 Å². The number of nitrogen functional groups attached to an aromatic ring is 1. The van der Waals surface area contributed by atoms with Gasteiger partial charge < -0.3 is 15.4 Å². The SMILES string of the molecule is CC(CC(=O)OC1CCN(C)CC1)c1ccc(N)cc1. The average molecular weight is 276 g/mol. The summed E-state index contributed by atoms with van der Waals surface area (Å²) in [5, 5.41) is 0. The lowest BCUT2D eigenvalue weighted by atomic mass is 9.97. The molecule has 110 valence electrons. The van der Waals surface area contributed by atoms with Crippen LogP contribution >= 0.6 is 0 Å². The lowest BCUT2D eigenvalue weighted by Gasteiger charge is -2.28. The molecule has 1 aliphatic rings. The third-order valence-electron chi connectivity index (χ3n) is 3.94. The molecule has 1 aliphatic heterocycles. The van der Waals surface area contributed by atoms with Crippen molar-refractivity contribution >= 4 is 11.7 Å². The zero-order chi connectivity index (χ0) is 14.5. The molecule has 0 radical (unpaired) electrons. The summed E-state index contributed by atoms with van der Waals surface area (Å²) >= 11 is 0. The number of likely N-dealkylation sites (tertiary alicyclic amines) is 1. The van der Waals surface area contributed by atoms with E-state index in [1.807, 2.05) is 31.2 Å². The molecule has 1 saturated heterocycles. The van der Waals surface area contributed by atoms with Crippen molar-refractivity contribution in [2.24, 2.45) is 0 Å². The monoisotopic (exact) mass is 276 g/mol. The van der Waals surface area contributed by atoms with E-state index in [1.165, 1.54) is 0 Å². The first-order valence-electron chi connectivity index (χ1n) is 7.28.